The summed E-state index contributed by atoms with van der Waals surface area (Å²) in [6.07, 6.45) is 9.99. The van der Waals surface area contributed by atoms with E-state index in [9.17, 15) is 0 Å². The quantitative estimate of drug-likeness (QED) is 0.648. The maximum atomic E-state index is 4.33. The average Bonchev–Trinajstić information content (AvgIpc) is 2.49. The van der Waals surface area contributed by atoms with Crippen LogP contribution in [0, 0.1) is 0 Å². The molecule has 2 heteroatoms. The zero-order valence-corrected chi connectivity index (χ0v) is 13.9. The minimum atomic E-state index is -1.23. The van der Waals surface area contributed by atoms with E-state index in [1.54, 1.807) is 0 Å². The van der Waals surface area contributed by atoms with E-state index >= 15 is 0 Å². The van der Waals surface area contributed by atoms with Crippen LogP contribution in [-0.2, 0) is 0 Å². The zero-order chi connectivity index (χ0) is 13.4. The van der Waals surface area contributed by atoms with Crippen molar-refractivity contribution < 1.29 is 0 Å². The molecular weight excluding hydrogens is 234 g/mol. The van der Waals surface area contributed by atoms with Gasteiger partial charge in [-0.25, -0.2) is 0 Å². The fourth-order valence-electron chi connectivity index (χ4n) is 3.29. The second-order valence-corrected chi connectivity index (χ2v) is 11.3. The van der Waals surface area contributed by atoms with Crippen LogP contribution in [0.3, 0.4) is 0 Å². The van der Waals surface area contributed by atoms with Crippen LogP contribution in [0.15, 0.2) is 11.8 Å². The molecule has 1 saturated heterocycles. The molecule has 0 aromatic heterocycles. The van der Waals surface area contributed by atoms with E-state index in [2.05, 4.69) is 32.3 Å². The fraction of sp³-hybridized carbons (Fsp3) is 0.875. The molecule has 0 aliphatic carbocycles. The molecule has 0 radical (unpaired) electrons. The Bertz CT molecular complexity index is 235. The molecule has 1 aliphatic heterocycles. The third-order valence-electron chi connectivity index (χ3n) is 4.98. The van der Waals surface area contributed by atoms with Crippen LogP contribution in [0.5, 0.6) is 0 Å². The summed E-state index contributed by atoms with van der Waals surface area (Å²) < 4.78 is 0. The van der Waals surface area contributed by atoms with Gasteiger partial charge in [-0.1, -0.05) is 56.8 Å². The van der Waals surface area contributed by atoms with Gasteiger partial charge in [-0.2, -0.15) is 0 Å². The number of hydrogen-bond acceptors (Lipinski definition) is 1. The van der Waals surface area contributed by atoms with Crippen molar-refractivity contribution in [3.8, 4) is 0 Å². The Labute approximate surface area is 116 Å². The first-order chi connectivity index (χ1) is 8.64. The van der Waals surface area contributed by atoms with E-state index in [1.807, 2.05) is 0 Å². The predicted molar refractivity (Wildman–Crippen MR) is 85.7 cm³/mol. The molecule has 1 heterocycles. The predicted octanol–water partition coefficient (Wildman–Crippen LogP) is 4.79. The summed E-state index contributed by atoms with van der Waals surface area (Å²) in [5.74, 6) is 0. The summed E-state index contributed by atoms with van der Waals surface area (Å²) >= 11 is 0. The van der Waals surface area contributed by atoms with Crippen LogP contribution >= 0.6 is 0 Å². The van der Waals surface area contributed by atoms with Crippen molar-refractivity contribution in [2.75, 3.05) is 19.3 Å². The first-order valence-corrected chi connectivity index (χ1v) is 10.6. The van der Waals surface area contributed by atoms with Gasteiger partial charge in [0.1, 0.15) is 0 Å². The van der Waals surface area contributed by atoms with Gasteiger partial charge < -0.3 is 4.90 Å². The maximum absolute atomic E-state index is 4.33. The van der Waals surface area contributed by atoms with Crippen molar-refractivity contribution in [1.82, 2.24) is 4.90 Å². The lowest BCUT2D eigenvalue weighted by atomic mass is 10.1. The van der Waals surface area contributed by atoms with Crippen molar-refractivity contribution in [2.45, 2.75) is 71.4 Å². The molecule has 0 aromatic carbocycles. The van der Waals surface area contributed by atoms with Crippen molar-refractivity contribution in [3.63, 3.8) is 0 Å². The second kappa shape index (κ2) is 8.16. The summed E-state index contributed by atoms with van der Waals surface area (Å²) in [5.41, 5.74) is 0. The molecule has 1 rings (SSSR count). The van der Waals surface area contributed by atoms with Gasteiger partial charge in [-0.05, 0) is 39.0 Å². The fourth-order valence-corrected chi connectivity index (χ4v) is 6.88. The third kappa shape index (κ3) is 4.54. The first-order valence-electron chi connectivity index (χ1n) is 8.03. The molecule has 1 nitrogen and oxygen atoms in total. The van der Waals surface area contributed by atoms with E-state index in [0.717, 1.165) is 0 Å². The molecule has 1 fully saturated rings. The summed E-state index contributed by atoms with van der Waals surface area (Å²) in [6, 6.07) is 2.74. The highest BCUT2D eigenvalue weighted by Gasteiger charge is 2.31. The first kappa shape index (κ1) is 16.0. The molecule has 0 N–H and O–H groups in total. The Kier molecular flexibility index (Phi) is 7.24. The van der Waals surface area contributed by atoms with E-state index < -0.39 is 8.07 Å². The van der Waals surface area contributed by atoms with Gasteiger partial charge in [0.15, 0.2) is 0 Å². The van der Waals surface area contributed by atoms with Crippen LogP contribution in [0.2, 0.25) is 12.1 Å². The molecule has 0 unspecified atom stereocenters. The van der Waals surface area contributed by atoms with Gasteiger partial charge >= 0.3 is 0 Å². The van der Waals surface area contributed by atoms with Gasteiger partial charge in [0.2, 0.25) is 0 Å². The summed E-state index contributed by atoms with van der Waals surface area (Å²) in [5, 5.41) is 1.52. The standard InChI is InChI=1S/C16H33NSi/c1-5-18(6-2,16(3)4)15-17-13-11-9-7-8-10-12-14-17/h3,5-15H2,1-2,4H3. The third-order valence-corrected chi connectivity index (χ3v) is 10.6. The molecule has 0 aromatic rings. The molecule has 106 valence electrons. The molecule has 0 atom stereocenters. The van der Waals surface area contributed by atoms with Crippen molar-refractivity contribution in [3.05, 3.63) is 11.8 Å². The minimum absolute atomic E-state index is 1.23. The van der Waals surface area contributed by atoms with E-state index in [4.69, 9.17) is 0 Å². The Hall–Kier alpha value is -0.0831. The minimum Gasteiger partial charge on any atom is -0.306 e. The Morgan fingerprint density at radius 3 is 1.78 bits per heavy atom. The molecule has 0 spiro atoms. The second-order valence-electron chi connectivity index (χ2n) is 6.17. The number of nitrogens with zero attached hydrogens (tertiary/aromatic N) is 1. The topological polar surface area (TPSA) is 3.24 Å². The summed E-state index contributed by atoms with van der Waals surface area (Å²) in [4.78, 5) is 2.78. The highest BCUT2D eigenvalue weighted by molar-refractivity contribution is 6.86. The van der Waals surface area contributed by atoms with Crippen molar-refractivity contribution >= 4 is 8.07 Å². The lowest BCUT2D eigenvalue weighted by Crippen LogP contribution is -2.48. The molecule has 18 heavy (non-hydrogen) atoms. The van der Waals surface area contributed by atoms with Crippen LogP contribution in [0.25, 0.3) is 0 Å². The summed E-state index contributed by atoms with van der Waals surface area (Å²) in [6.45, 7) is 14.1. The number of allylic oxidation sites excluding steroid dienone is 1. The van der Waals surface area contributed by atoms with Crippen LogP contribution in [0.1, 0.15) is 59.3 Å². The Morgan fingerprint density at radius 1 is 0.944 bits per heavy atom. The van der Waals surface area contributed by atoms with Crippen LogP contribution in [-0.4, -0.2) is 32.2 Å². The molecule has 0 amide bonds. The Morgan fingerprint density at radius 2 is 1.39 bits per heavy atom. The monoisotopic (exact) mass is 267 g/mol. The highest BCUT2D eigenvalue weighted by atomic mass is 28.3. The summed E-state index contributed by atoms with van der Waals surface area (Å²) in [7, 11) is -1.23. The van der Waals surface area contributed by atoms with Crippen molar-refractivity contribution in [2.24, 2.45) is 0 Å². The lowest BCUT2D eigenvalue weighted by molar-refractivity contribution is 0.305. The van der Waals surface area contributed by atoms with Gasteiger partial charge in [-0.3, -0.25) is 0 Å². The molecule has 1 aliphatic rings. The zero-order valence-electron chi connectivity index (χ0n) is 12.9. The largest absolute Gasteiger partial charge is 0.306 e. The van der Waals surface area contributed by atoms with E-state index in [1.165, 1.54) is 75.1 Å². The Balaban J connectivity index is 2.62. The number of hydrogen-bond donors (Lipinski definition) is 0. The van der Waals surface area contributed by atoms with Gasteiger partial charge in [0, 0.05) is 0 Å². The van der Waals surface area contributed by atoms with Crippen LogP contribution in [0.4, 0.5) is 0 Å². The van der Waals surface area contributed by atoms with Gasteiger partial charge in [0.25, 0.3) is 0 Å². The maximum Gasteiger partial charge on any atom is 0.0941 e. The van der Waals surface area contributed by atoms with E-state index in [-0.39, 0.29) is 0 Å². The number of rotatable bonds is 5. The molecular formula is C16H33NSi. The smallest absolute Gasteiger partial charge is 0.0941 e. The molecule has 0 saturated carbocycles. The van der Waals surface area contributed by atoms with Crippen molar-refractivity contribution in [1.29, 1.82) is 0 Å². The van der Waals surface area contributed by atoms with E-state index in [0.29, 0.717) is 0 Å². The lowest BCUT2D eigenvalue weighted by Gasteiger charge is -2.36. The van der Waals surface area contributed by atoms with Gasteiger partial charge in [0.05, 0.1) is 8.07 Å². The molecule has 0 bridgehead atoms. The van der Waals surface area contributed by atoms with Gasteiger partial charge in [-0.15, -0.1) is 6.58 Å². The SMILES string of the molecule is C=C(C)[Si](CC)(CC)CN1CCCCCCCC1. The van der Waals surface area contributed by atoms with Crippen LogP contribution < -0.4 is 0 Å². The highest BCUT2D eigenvalue weighted by Crippen LogP contribution is 2.25. The normalized spacial score (nSPS) is 19.9. The average molecular weight is 268 g/mol.